The first kappa shape index (κ1) is 23.7. The monoisotopic (exact) mass is 498 g/mol. The smallest absolute Gasteiger partial charge is 0.357 e. The first-order valence-corrected chi connectivity index (χ1v) is 12.4. The summed E-state index contributed by atoms with van der Waals surface area (Å²) in [4.78, 5) is 58.4. The van der Waals surface area contributed by atoms with Crippen LogP contribution in [0.25, 0.3) is 0 Å². The third kappa shape index (κ3) is 5.54. The second-order valence-electron chi connectivity index (χ2n) is 7.53. The molecule has 0 fully saturated rings. The third-order valence-corrected chi connectivity index (χ3v) is 7.09. The Balaban J connectivity index is 1.31. The number of aromatic nitrogens is 2. The number of nitrogens with one attached hydrogen (secondary N) is 2. The number of hydrogen-bond acceptors (Lipinski definition) is 9. The molecule has 4 rings (SSSR count). The number of carbonyl (C=O) groups is 4. The van der Waals surface area contributed by atoms with Crippen LogP contribution in [-0.4, -0.2) is 46.7 Å². The van der Waals surface area contributed by atoms with Gasteiger partial charge in [-0.2, -0.15) is 0 Å². The molecule has 2 heterocycles. The van der Waals surface area contributed by atoms with Crippen LogP contribution < -0.4 is 10.6 Å². The van der Waals surface area contributed by atoms with Crippen LogP contribution in [0.2, 0.25) is 0 Å². The Labute approximate surface area is 203 Å². The molecule has 2 amide bonds. The average molecular weight is 499 g/mol. The van der Waals surface area contributed by atoms with Gasteiger partial charge in [0.25, 0.3) is 5.91 Å². The largest absolute Gasteiger partial charge is 0.461 e. The van der Waals surface area contributed by atoms with Gasteiger partial charge < -0.3 is 10.1 Å². The summed E-state index contributed by atoms with van der Waals surface area (Å²) in [6, 6.07) is 8.74. The van der Waals surface area contributed by atoms with Crippen molar-refractivity contribution in [3.63, 3.8) is 0 Å². The Bertz CT molecular complexity index is 1220. The van der Waals surface area contributed by atoms with Crippen LogP contribution in [0.5, 0.6) is 0 Å². The topological polar surface area (TPSA) is 127 Å². The minimum Gasteiger partial charge on any atom is -0.461 e. The number of fused-ring (bicyclic) bond motifs is 1. The molecule has 176 valence electrons. The fraction of sp³-hybridized carbons (Fsp3) is 0.304. The van der Waals surface area contributed by atoms with E-state index in [1.54, 1.807) is 36.6 Å². The summed E-state index contributed by atoms with van der Waals surface area (Å²) in [6.07, 6.45) is 0.889. The Morgan fingerprint density at radius 1 is 1.15 bits per heavy atom. The number of nitrogens with zero attached hydrogens (tertiary/aromatic N) is 2. The Morgan fingerprint density at radius 2 is 1.94 bits per heavy atom. The summed E-state index contributed by atoms with van der Waals surface area (Å²) in [6.45, 7) is 2.35. The van der Waals surface area contributed by atoms with Crippen LogP contribution in [0.15, 0.2) is 35.7 Å². The number of carbonyl (C=O) groups excluding carboxylic acids is 4. The van der Waals surface area contributed by atoms with Crippen molar-refractivity contribution in [1.29, 1.82) is 0 Å². The van der Waals surface area contributed by atoms with Crippen molar-refractivity contribution in [3.8, 4) is 0 Å². The van der Waals surface area contributed by atoms with Gasteiger partial charge in [-0.05, 0) is 19.1 Å². The molecule has 1 atom stereocenters. The van der Waals surface area contributed by atoms with Crippen molar-refractivity contribution in [2.75, 3.05) is 18.5 Å². The number of rotatable bonds is 8. The molecule has 0 radical (unpaired) electrons. The molecule has 34 heavy (non-hydrogen) atoms. The SMILES string of the molecule is CCOC(=O)c1csc(CCNC(=O)[C@@H]2CC(=O)c3sc(NC(=O)c4ccccc4)nc3C2)n1. The van der Waals surface area contributed by atoms with E-state index in [0.717, 1.165) is 11.3 Å². The highest BCUT2D eigenvalue weighted by molar-refractivity contribution is 7.17. The third-order valence-electron chi connectivity index (χ3n) is 5.12. The quantitative estimate of drug-likeness (QED) is 0.457. The van der Waals surface area contributed by atoms with Crippen LogP contribution in [0.4, 0.5) is 5.13 Å². The van der Waals surface area contributed by atoms with Crippen molar-refractivity contribution in [3.05, 3.63) is 62.5 Å². The lowest BCUT2D eigenvalue weighted by Crippen LogP contribution is -2.36. The number of ether oxygens (including phenoxy) is 1. The molecular weight excluding hydrogens is 476 g/mol. The summed E-state index contributed by atoms with van der Waals surface area (Å²) in [5.74, 6) is -1.68. The maximum atomic E-state index is 12.7. The first-order valence-electron chi connectivity index (χ1n) is 10.7. The van der Waals surface area contributed by atoms with E-state index in [4.69, 9.17) is 4.74 Å². The lowest BCUT2D eigenvalue weighted by Gasteiger charge is -2.19. The van der Waals surface area contributed by atoms with E-state index in [1.807, 2.05) is 6.07 Å². The standard InChI is InChI=1S/C23H22N4O5S2/c1-2-32-22(31)16-12-33-18(25-16)8-9-24-20(29)14-10-15-19(17(28)11-14)34-23(26-15)27-21(30)13-6-4-3-5-7-13/h3-7,12,14H,2,8-11H2,1H3,(H,24,29)(H,26,27,30)/t14-/m0/s1. The summed E-state index contributed by atoms with van der Waals surface area (Å²) in [7, 11) is 0. The van der Waals surface area contributed by atoms with Crippen molar-refractivity contribution < 1.29 is 23.9 Å². The van der Waals surface area contributed by atoms with E-state index in [9.17, 15) is 19.2 Å². The van der Waals surface area contributed by atoms with Crippen molar-refractivity contribution in [1.82, 2.24) is 15.3 Å². The number of hydrogen-bond donors (Lipinski definition) is 2. The molecule has 0 saturated heterocycles. The van der Waals surface area contributed by atoms with Gasteiger partial charge in [0.15, 0.2) is 16.6 Å². The predicted molar refractivity (Wildman–Crippen MR) is 127 cm³/mol. The van der Waals surface area contributed by atoms with E-state index < -0.39 is 11.9 Å². The molecule has 3 aromatic rings. The van der Waals surface area contributed by atoms with Gasteiger partial charge in [0.2, 0.25) is 5.91 Å². The number of thiazole rings is 2. The normalized spacial score (nSPS) is 14.9. The molecule has 0 saturated carbocycles. The van der Waals surface area contributed by atoms with Gasteiger partial charge >= 0.3 is 5.97 Å². The van der Waals surface area contributed by atoms with Crippen molar-refractivity contribution in [2.24, 2.45) is 5.92 Å². The molecule has 2 aromatic heterocycles. The van der Waals surface area contributed by atoms with Gasteiger partial charge in [0, 0.05) is 36.8 Å². The molecule has 0 aliphatic heterocycles. The fourth-order valence-electron chi connectivity index (χ4n) is 3.49. The Morgan fingerprint density at radius 3 is 2.71 bits per heavy atom. The minimum atomic E-state index is -0.522. The molecule has 1 aliphatic rings. The van der Waals surface area contributed by atoms with Crippen molar-refractivity contribution >= 4 is 51.4 Å². The van der Waals surface area contributed by atoms with Crippen LogP contribution >= 0.6 is 22.7 Å². The highest BCUT2D eigenvalue weighted by Gasteiger charge is 2.33. The number of ketones is 1. The molecular formula is C23H22N4O5S2. The zero-order valence-corrected chi connectivity index (χ0v) is 20.0. The highest BCUT2D eigenvalue weighted by Crippen LogP contribution is 2.32. The molecule has 0 bridgehead atoms. The summed E-state index contributed by atoms with van der Waals surface area (Å²) in [5, 5.41) is 8.25. The van der Waals surface area contributed by atoms with Crippen molar-refractivity contribution in [2.45, 2.75) is 26.2 Å². The van der Waals surface area contributed by atoms with Gasteiger partial charge in [-0.1, -0.05) is 29.5 Å². The van der Waals surface area contributed by atoms with Crippen LogP contribution in [-0.2, 0) is 22.4 Å². The van der Waals surface area contributed by atoms with Gasteiger partial charge in [0.05, 0.1) is 28.1 Å². The molecule has 9 nitrogen and oxygen atoms in total. The van der Waals surface area contributed by atoms with E-state index in [-0.39, 0.29) is 36.3 Å². The van der Waals surface area contributed by atoms with Crippen LogP contribution in [0.1, 0.15) is 54.6 Å². The molecule has 0 unspecified atom stereocenters. The lowest BCUT2D eigenvalue weighted by atomic mass is 9.89. The summed E-state index contributed by atoms with van der Waals surface area (Å²) >= 11 is 2.46. The number of Topliss-reactive ketones (excluding diaryl/α,β-unsaturated/α-hetero) is 1. The Kier molecular flexibility index (Phi) is 7.43. The number of anilines is 1. The Hall–Kier alpha value is -3.44. The maximum absolute atomic E-state index is 12.7. The van der Waals surface area contributed by atoms with Crippen LogP contribution in [0, 0.1) is 5.92 Å². The fourth-order valence-corrected chi connectivity index (χ4v) is 5.19. The zero-order chi connectivity index (χ0) is 24.1. The second kappa shape index (κ2) is 10.7. The maximum Gasteiger partial charge on any atom is 0.357 e. The lowest BCUT2D eigenvalue weighted by molar-refractivity contribution is -0.125. The van der Waals surface area contributed by atoms with E-state index in [2.05, 4.69) is 20.6 Å². The molecule has 11 heteroatoms. The first-order chi connectivity index (χ1) is 16.4. The predicted octanol–water partition coefficient (Wildman–Crippen LogP) is 3.13. The minimum absolute atomic E-state index is 0.0946. The number of amides is 2. The second-order valence-corrected chi connectivity index (χ2v) is 9.47. The van der Waals surface area contributed by atoms with E-state index in [0.29, 0.717) is 45.7 Å². The van der Waals surface area contributed by atoms with Gasteiger partial charge in [-0.3, -0.25) is 19.7 Å². The van der Waals surface area contributed by atoms with Gasteiger partial charge in [-0.15, -0.1) is 11.3 Å². The molecule has 1 aromatic carbocycles. The highest BCUT2D eigenvalue weighted by atomic mass is 32.1. The summed E-state index contributed by atoms with van der Waals surface area (Å²) < 4.78 is 4.92. The average Bonchev–Trinajstić information content (AvgIpc) is 3.47. The molecule has 0 spiro atoms. The van der Waals surface area contributed by atoms with Crippen LogP contribution in [0.3, 0.4) is 0 Å². The van der Waals surface area contributed by atoms with E-state index >= 15 is 0 Å². The number of benzene rings is 1. The van der Waals surface area contributed by atoms with Gasteiger partial charge in [0.1, 0.15) is 0 Å². The zero-order valence-electron chi connectivity index (χ0n) is 18.3. The molecule has 2 N–H and O–H groups in total. The van der Waals surface area contributed by atoms with Gasteiger partial charge in [-0.25, -0.2) is 14.8 Å². The van der Waals surface area contributed by atoms with E-state index in [1.165, 1.54) is 11.3 Å². The summed E-state index contributed by atoms with van der Waals surface area (Å²) in [5.41, 5.74) is 1.29. The molecule has 1 aliphatic carbocycles. The number of esters is 1.